The Balaban J connectivity index is 2.24. The second kappa shape index (κ2) is 4.40. The quantitative estimate of drug-likeness (QED) is 0.864. The van der Waals surface area contributed by atoms with Crippen LogP contribution in [0.2, 0.25) is 0 Å². The molecule has 0 amide bonds. The average Bonchev–Trinajstić information content (AvgIpc) is 2.70. The first kappa shape index (κ1) is 10.8. The number of hydrogen-bond donors (Lipinski definition) is 1. The summed E-state index contributed by atoms with van der Waals surface area (Å²) < 4.78 is 28.2. The number of hydrogen-bond acceptors (Lipinski definition) is 2. The van der Waals surface area contributed by atoms with E-state index in [-0.39, 0.29) is 12.1 Å². The van der Waals surface area contributed by atoms with E-state index in [9.17, 15) is 13.9 Å². The molecule has 0 aliphatic heterocycles. The number of rotatable bonds is 3. The van der Waals surface area contributed by atoms with Crippen LogP contribution >= 0.6 is 0 Å². The maximum Gasteiger partial charge on any atom is 0.132 e. The molecule has 1 heterocycles. The Labute approximate surface area is 91.0 Å². The van der Waals surface area contributed by atoms with Crippen molar-refractivity contribution in [3.05, 3.63) is 54.1 Å². The van der Waals surface area contributed by atoms with Crippen molar-refractivity contribution in [3.63, 3.8) is 0 Å². The van der Waals surface area contributed by atoms with Crippen LogP contribution in [-0.4, -0.2) is 14.7 Å². The SMILES string of the molecule is OC(Cn1ccnc1)c1c(F)cccc1F. The van der Waals surface area contributed by atoms with Gasteiger partial charge in [0.2, 0.25) is 0 Å². The van der Waals surface area contributed by atoms with Crippen molar-refractivity contribution in [1.29, 1.82) is 0 Å². The van der Waals surface area contributed by atoms with Gasteiger partial charge < -0.3 is 9.67 Å². The van der Waals surface area contributed by atoms with Crippen LogP contribution in [0.3, 0.4) is 0 Å². The molecule has 2 aromatic rings. The zero-order valence-electron chi connectivity index (χ0n) is 8.35. The number of aliphatic hydroxyl groups excluding tert-OH is 1. The molecule has 3 nitrogen and oxygen atoms in total. The van der Waals surface area contributed by atoms with Gasteiger partial charge in [-0.2, -0.15) is 0 Å². The highest BCUT2D eigenvalue weighted by molar-refractivity contribution is 5.21. The molecule has 2 rings (SSSR count). The second-order valence-electron chi connectivity index (χ2n) is 3.41. The molecule has 1 aromatic heterocycles. The summed E-state index contributed by atoms with van der Waals surface area (Å²) in [6.07, 6.45) is 3.39. The predicted molar refractivity (Wildman–Crippen MR) is 53.5 cm³/mol. The molecular formula is C11H10F2N2O. The van der Waals surface area contributed by atoms with Gasteiger partial charge >= 0.3 is 0 Å². The topological polar surface area (TPSA) is 38.0 Å². The summed E-state index contributed by atoms with van der Waals surface area (Å²) in [5.41, 5.74) is -0.309. The Morgan fingerprint density at radius 3 is 2.56 bits per heavy atom. The lowest BCUT2D eigenvalue weighted by atomic mass is 10.1. The molecular weight excluding hydrogens is 214 g/mol. The van der Waals surface area contributed by atoms with Gasteiger partial charge in [0.05, 0.1) is 18.4 Å². The minimum absolute atomic E-state index is 0.0673. The minimum atomic E-state index is -1.23. The maximum absolute atomic E-state index is 13.3. The van der Waals surface area contributed by atoms with E-state index >= 15 is 0 Å². The molecule has 16 heavy (non-hydrogen) atoms. The third-order valence-corrected chi connectivity index (χ3v) is 2.28. The zero-order chi connectivity index (χ0) is 11.5. The summed E-state index contributed by atoms with van der Waals surface area (Å²) in [7, 11) is 0. The first-order chi connectivity index (χ1) is 7.68. The largest absolute Gasteiger partial charge is 0.386 e. The summed E-state index contributed by atoms with van der Waals surface area (Å²) in [6.45, 7) is 0.0673. The lowest BCUT2D eigenvalue weighted by molar-refractivity contribution is 0.147. The van der Waals surface area contributed by atoms with Crippen molar-refractivity contribution >= 4 is 0 Å². The van der Waals surface area contributed by atoms with E-state index in [1.165, 1.54) is 18.6 Å². The Kier molecular flexibility index (Phi) is 2.96. The van der Waals surface area contributed by atoms with Crippen molar-refractivity contribution in [2.24, 2.45) is 0 Å². The van der Waals surface area contributed by atoms with Crippen molar-refractivity contribution in [2.75, 3.05) is 0 Å². The van der Waals surface area contributed by atoms with Crippen molar-refractivity contribution in [1.82, 2.24) is 9.55 Å². The second-order valence-corrected chi connectivity index (χ2v) is 3.41. The number of aromatic nitrogens is 2. The van der Waals surface area contributed by atoms with Gasteiger partial charge in [0.15, 0.2) is 0 Å². The van der Waals surface area contributed by atoms with Crippen molar-refractivity contribution in [2.45, 2.75) is 12.6 Å². The van der Waals surface area contributed by atoms with Crippen LogP contribution in [-0.2, 0) is 6.54 Å². The van der Waals surface area contributed by atoms with E-state index in [0.29, 0.717) is 0 Å². The van der Waals surface area contributed by atoms with E-state index < -0.39 is 17.7 Å². The van der Waals surface area contributed by atoms with Crippen LogP contribution in [0.1, 0.15) is 11.7 Å². The zero-order valence-corrected chi connectivity index (χ0v) is 8.35. The number of nitrogens with zero attached hydrogens (tertiary/aromatic N) is 2. The van der Waals surface area contributed by atoms with Crippen LogP contribution in [0, 0.1) is 11.6 Å². The highest BCUT2D eigenvalue weighted by Crippen LogP contribution is 2.21. The molecule has 0 fully saturated rings. The normalized spacial score (nSPS) is 12.7. The molecule has 0 spiro atoms. The highest BCUT2D eigenvalue weighted by atomic mass is 19.1. The fraction of sp³-hybridized carbons (Fsp3) is 0.182. The number of halogens is 2. The summed E-state index contributed by atoms with van der Waals surface area (Å²) in [5, 5.41) is 9.73. The molecule has 0 radical (unpaired) electrons. The Bertz CT molecular complexity index is 451. The summed E-state index contributed by atoms with van der Waals surface area (Å²) in [4.78, 5) is 3.78. The Morgan fingerprint density at radius 2 is 2.00 bits per heavy atom. The molecule has 0 bridgehead atoms. The molecule has 84 valence electrons. The van der Waals surface area contributed by atoms with E-state index in [2.05, 4.69) is 4.98 Å². The number of benzene rings is 1. The van der Waals surface area contributed by atoms with Gasteiger partial charge in [-0.25, -0.2) is 13.8 Å². The van der Waals surface area contributed by atoms with Gasteiger partial charge in [0.25, 0.3) is 0 Å². The summed E-state index contributed by atoms with van der Waals surface area (Å²) in [6, 6.07) is 3.50. The molecule has 1 unspecified atom stereocenters. The molecule has 1 N–H and O–H groups in total. The van der Waals surface area contributed by atoms with Gasteiger partial charge in [-0.1, -0.05) is 6.07 Å². The van der Waals surface area contributed by atoms with Crippen LogP contribution < -0.4 is 0 Å². The van der Waals surface area contributed by atoms with E-state index in [1.54, 1.807) is 10.8 Å². The van der Waals surface area contributed by atoms with Gasteiger partial charge in [0.1, 0.15) is 17.7 Å². The van der Waals surface area contributed by atoms with Crippen molar-refractivity contribution < 1.29 is 13.9 Å². The summed E-state index contributed by atoms with van der Waals surface area (Å²) >= 11 is 0. The fourth-order valence-corrected chi connectivity index (χ4v) is 1.51. The molecule has 0 saturated carbocycles. The average molecular weight is 224 g/mol. The number of imidazole rings is 1. The van der Waals surface area contributed by atoms with Crippen LogP contribution in [0.25, 0.3) is 0 Å². The van der Waals surface area contributed by atoms with E-state index in [1.807, 2.05) is 0 Å². The lowest BCUT2D eigenvalue weighted by Gasteiger charge is -2.13. The maximum atomic E-state index is 13.3. The molecule has 0 aliphatic carbocycles. The number of aliphatic hydroxyl groups is 1. The third-order valence-electron chi connectivity index (χ3n) is 2.28. The Morgan fingerprint density at radius 1 is 1.31 bits per heavy atom. The lowest BCUT2D eigenvalue weighted by Crippen LogP contribution is -2.10. The molecule has 0 saturated heterocycles. The monoisotopic (exact) mass is 224 g/mol. The van der Waals surface area contributed by atoms with Crippen LogP contribution in [0.5, 0.6) is 0 Å². The minimum Gasteiger partial charge on any atom is -0.386 e. The Hall–Kier alpha value is -1.75. The summed E-state index contributed by atoms with van der Waals surface area (Å²) in [5.74, 6) is -1.49. The van der Waals surface area contributed by atoms with Gasteiger partial charge in [0, 0.05) is 12.4 Å². The molecule has 5 heteroatoms. The van der Waals surface area contributed by atoms with Crippen LogP contribution in [0.4, 0.5) is 8.78 Å². The predicted octanol–water partition coefficient (Wildman–Crippen LogP) is 1.89. The van der Waals surface area contributed by atoms with Crippen LogP contribution in [0.15, 0.2) is 36.9 Å². The van der Waals surface area contributed by atoms with Crippen molar-refractivity contribution in [3.8, 4) is 0 Å². The van der Waals surface area contributed by atoms with Gasteiger partial charge in [-0.05, 0) is 12.1 Å². The standard InChI is InChI=1S/C11H10F2N2O/c12-8-2-1-3-9(13)11(8)10(16)6-15-5-4-14-7-15/h1-5,7,10,16H,6H2. The molecule has 0 aliphatic rings. The highest BCUT2D eigenvalue weighted by Gasteiger charge is 2.17. The smallest absolute Gasteiger partial charge is 0.132 e. The van der Waals surface area contributed by atoms with E-state index in [0.717, 1.165) is 12.1 Å². The first-order valence-electron chi connectivity index (χ1n) is 4.76. The first-order valence-corrected chi connectivity index (χ1v) is 4.76. The molecule has 1 atom stereocenters. The van der Waals surface area contributed by atoms with E-state index in [4.69, 9.17) is 0 Å². The van der Waals surface area contributed by atoms with Gasteiger partial charge in [-0.15, -0.1) is 0 Å². The molecule has 1 aromatic carbocycles. The fourth-order valence-electron chi connectivity index (χ4n) is 1.51. The third kappa shape index (κ3) is 2.09. The van der Waals surface area contributed by atoms with Gasteiger partial charge in [-0.3, -0.25) is 0 Å².